The lowest BCUT2D eigenvalue weighted by Crippen LogP contribution is -2.26. The zero-order valence-corrected chi connectivity index (χ0v) is 12.9. The molecule has 0 saturated carbocycles. The van der Waals surface area contributed by atoms with Crippen molar-refractivity contribution in [3.05, 3.63) is 52.8 Å². The van der Waals surface area contributed by atoms with Crippen LogP contribution in [0.1, 0.15) is 54.9 Å². The van der Waals surface area contributed by atoms with Crippen molar-refractivity contribution in [2.45, 2.75) is 52.6 Å². The fraction of sp³-hybridized carbons (Fsp3) is 0.471. The SMILES string of the molecule is CCc1c(C)nn(C(CC)C(N)c2ccccc2)c1C. The van der Waals surface area contributed by atoms with E-state index in [4.69, 9.17) is 10.8 Å². The van der Waals surface area contributed by atoms with Crippen LogP contribution < -0.4 is 5.73 Å². The molecule has 2 rings (SSSR count). The van der Waals surface area contributed by atoms with Crippen molar-refractivity contribution in [2.24, 2.45) is 5.73 Å². The molecule has 0 aliphatic rings. The molecule has 2 atom stereocenters. The van der Waals surface area contributed by atoms with E-state index in [2.05, 4.69) is 44.5 Å². The van der Waals surface area contributed by atoms with Crippen LogP contribution in [-0.2, 0) is 6.42 Å². The highest BCUT2D eigenvalue weighted by atomic mass is 15.3. The summed E-state index contributed by atoms with van der Waals surface area (Å²) in [7, 11) is 0. The number of nitrogens with two attached hydrogens (primary N) is 1. The van der Waals surface area contributed by atoms with Crippen LogP contribution in [0.5, 0.6) is 0 Å². The number of hydrogen-bond donors (Lipinski definition) is 1. The van der Waals surface area contributed by atoms with Gasteiger partial charge in [0.25, 0.3) is 0 Å². The van der Waals surface area contributed by atoms with Crippen molar-refractivity contribution in [3.63, 3.8) is 0 Å². The molecule has 0 fully saturated rings. The van der Waals surface area contributed by atoms with Crippen molar-refractivity contribution < 1.29 is 0 Å². The molecular weight excluding hydrogens is 246 g/mol. The zero-order chi connectivity index (χ0) is 14.7. The Hall–Kier alpha value is -1.61. The molecule has 0 saturated heterocycles. The van der Waals surface area contributed by atoms with Crippen LogP contribution >= 0.6 is 0 Å². The van der Waals surface area contributed by atoms with Crippen LogP contribution in [0.4, 0.5) is 0 Å². The summed E-state index contributed by atoms with van der Waals surface area (Å²) in [5, 5.41) is 4.74. The minimum atomic E-state index is -0.0242. The molecule has 1 aromatic carbocycles. The van der Waals surface area contributed by atoms with Gasteiger partial charge in [-0.2, -0.15) is 5.10 Å². The second-order valence-electron chi connectivity index (χ2n) is 5.36. The van der Waals surface area contributed by atoms with Crippen LogP contribution in [0, 0.1) is 13.8 Å². The third-order valence-electron chi connectivity index (χ3n) is 4.16. The average molecular weight is 271 g/mol. The summed E-state index contributed by atoms with van der Waals surface area (Å²) in [5.74, 6) is 0. The second-order valence-corrected chi connectivity index (χ2v) is 5.36. The number of benzene rings is 1. The fourth-order valence-electron chi connectivity index (χ4n) is 3.01. The largest absolute Gasteiger partial charge is 0.322 e. The predicted molar refractivity (Wildman–Crippen MR) is 83.8 cm³/mol. The highest BCUT2D eigenvalue weighted by Crippen LogP contribution is 2.29. The maximum absolute atomic E-state index is 6.49. The molecule has 108 valence electrons. The first-order valence-electron chi connectivity index (χ1n) is 7.45. The Morgan fingerprint density at radius 1 is 1.15 bits per heavy atom. The smallest absolute Gasteiger partial charge is 0.0712 e. The van der Waals surface area contributed by atoms with Gasteiger partial charge in [-0.1, -0.05) is 44.2 Å². The average Bonchev–Trinajstić information content (AvgIpc) is 2.75. The molecule has 3 nitrogen and oxygen atoms in total. The monoisotopic (exact) mass is 271 g/mol. The van der Waals surface area contributed by atoms with Crippen LogP contribution in [-0.4, -0.2) is 9.78 Å². The van der Waals surface area contributed by atoms with Crippen LogP contribution in [0.2, 0.25) is 0 Å². The maximum atomic E-state index is 6.49. The summed E-state index contributed by atoms with van der Waals surface area (Å²) >= 11 is 0. The lowest BCUT2D eigenvalue weighted by Gasteiger charge is -2.25. The first-order valence-corrected chi connectivity index (χ1v) is 7.45. The molecule has 1 heterocycles. The van der Waals surface area contributed by atoms with E-state index < -0.39 is 0 Å². The highest BCUT2D eigenvalue weighted by molar-refractivity contribution is 5.26. The lowest BCUT2D eigenvalue weighted by molar-refractivity contribution is 0.365. The Labute approximate surface area is 121 Å². The summed E-state index contributed by atoms with van der Waals surface area (Å²) < 4.78 is 2.13. The molecule has 0 aliphatic carbocycles. The molecule has 0 radical (unpaired) electrons. The maximum Gasteiger partial charge on any atom is 0.0712 e. The Morgan fingerprint density at radius 3 is 2.30 bits per heavy atom. The first-order chi connectivity index (χ1) is 9.60. The molecule has 2 N–H and O–H groups in total. The van der Waals surface area contributed by atoms with E-state index in [0.717, 1.165) is 18.5 Å². The Morgan fingerprint density at radius 2 is 1.80 bits per heavy atom. The number of nitrogens with zero attached hydrogens (tertiary/aromatic N) is 2. The molecular formula is C17H25N3. The number of aromatic nitrogens is 2. The van der Waals surface area contributed by atoms with Gasteiger partial charge in [0.15, 0.2) is 0 Å². The van der Waals surface area contributed by atoms with Crippen LogP contribution in [0.15, 0.2) is 30.3 Å². The quantitative estimate of drug-likeness (QED) is 0.900. The molecule has 1 aromatic heterocycles. The Bertz CT molecular complexity index is 557. The van der Waals surface area contributed by atoms with Crippen molar-refractivity contribution in [1.82, 2.24) is 9.78 Å². The van der Waals surface area contributed by atoms with E-state index >= 15 is 0 Å². The van der Waals surface area contributed by atoms with Crippen molar-refractivity contribution in [1.29, 1.82) is 0 Å². The van der Waals surface area contributed by atoms with E-state index in [1.807, 2.05) is 18.2 Å². The van der Waals surface area contributed by atoms with E-state index in [9.17, 15) is 0 Å². The number of aryl methyl sites for hydroxylation is 1. The number of hydrogen-bond acceptors (Lipinski definition) is 2. The predicted octanol–water partition coefficient (Wildman–Crippen LogP) is 3.71. The first kappa shape index (κ1) is 14.8. The van der Waals surface area contributed by atoms with E-state index in [1.54, 1.807) is 0 Å². The van der Waals surface area contributed by atoms with E-state index in [1.165, 1.54) is 16.8 Å². The van der Waals surface area contributed by atoms with Gasteiger partial charge in [-0.25, -0.2) is 0 Å². The lowest BCUT2D eigenvalue weighted by atomic mass is 9.98. The molecule has 0 spiro atoms. The molecule has 2 aromatic rings. The summed E-state index contributed by atoms with van der Waals surface area (Å²) in [6, 6.07) is 10.5. The Balaban J connectivity index is 2.38. The third-order valence-corrected chi connectivity index (χ3v) is 4.16. The van der Waals surface area contributed by atoms with Gasteiger partial charge in [0.2, 0.25) is 0 Å². The highest BCUT2D eigenvalue weighted by Gasteiger charge is 2.23. The summed E-state index contributed by atoms with van der Waals surface area (Å²) in [5.41, 5.74) is 11.4. The standard InChI is InChI=1S/C17H25N3/c1-5-15-12(3)19-20(13(15)4)16(6-2)17(18)14-10-8-7-9-11-14/h7-11,16-17H,5-6,18H2,1-4H3. The van der Waals surface area contributed by atoms with Gasteiger partial charge >= 0.3 is 0 Å². The van der Waals surface area contributed by atoms with Gasteiger partial charge in [0.1, 0.15) is 0 Å². The van der Waals surface area contributed by atoms with E-state index in [0.29, 0.717) is 0 Å². The molecule has 2 unspecified atom stereocenters. The topological polar surface area (TPSA) is 43.8 Å². The summed E-state index contributed by atoms with van der Waals surface area (Å²) in [6.07, 6.45) is 2.00. The molecule has 20 heavy (non-hydrogen) atoms. The number of rotatable bonds is 5. The second kappa shape index (κ2) is 6.23. The van der Waals surface area contributed by atoms with Crippen molar-refractivity contribution in [2.75, 3.05) is 0 Å². The molecule has 0 amide bonds. The van der Waals surface area contributed by atoms with Crippen LogP contribution in [0.25, 0.3) is 0 Å². The molecule has 0 bridgehead atoms. The van der Waals surface area contributed by atoms with Crippen LogP contribution in [0.3, 0.4) is 0 Å². The van der Waals surface area contributed by atoms with E-state index in [-0.39, 0.29) is 12.1 Å². The molecule has 0 aliphatic heterocycles. The van der Waals surface area contributed by atoms with Crippen molar-refractivity contribution >= 4 is 0 Å². The summed E-state index contributed by atoms with van der Waals surface area (Å²) in [4.78, 5) is 0. The van der Waals surface area contributed by atoms with Gasteiger partial charge in [-0.05, 0) is 37.8 Å². The van der Waals surface area contributed by atoms with Gasteiger partial charge in [-0.15, -0.1) is 0 Å². The Kier molecular flexibility index (Phi) is 4.61. The minimum Gasteiger partial charge on any atom is -0.322 e. The van der Waals surface area contributed by atoms with Gasteiger partial charge in [0, 0.05) is 5.69 Å². The van der Waals surface area contributed by atoms with Gasteiger partial charge in [-0.3, -0.25) is 4.68 Å². The van der Waals surface area contributed by atoms with Gasteiger partial charge in [0.05, 0.1) is 17.8 Å². The summed E-state index contributed by atoms with van der Waals surface area (Å²) in [6.45, 7) is 8.59. The fourth-order valence-corrected chi connectivity index (χ4v) is 3.01. The van der Waals surface area contributed by atoms with Gasteiger partial charge < -0.3 is 5.73 Å². The normalized spacial score (nSPS) is 14.2. The van der Waals surface area contributed by atoms with Crippen molar-refractivity contribution in [3.8, 4) is 0 Å². The zero-order valence-electron chi connectivity index (χ0n) is 12.9. The third kappa shape index (κ3) is 2.63. The minimum absolute atomic E-state index is 0.0242. The molecule has 3 heteroatoms.